The van der Waals surface area contributed by atoms with Crippen LogP contribution in [0.2, 0.25) is 0 Å². The largest absolute Gasteiger partial charge is 0.493 e. The summed E-state index contributed by atoms with van der Waals surface area (Å²) in [6.45, 7) is 9.25. The number of benzene rings is 1. The third-order valence-corrected chi connectivity index (χ3v) is 4.16. The smallest absolute Gasteiger partial charge is 0.231 e. The zero-order valence-corrected chi connectivity index (χ0v) is 14.0. The number of hydrogen-bond acceptors (Lipinski definition) is 4. The van der Waals surface area contributed by atoms with Crippen molar-refractivity contribution in [2.75, 3.05) is 19.5 Å². The molecule has 3 N–H and O–H groups in total. The predicted molar refractivity (Wildman–Crippen MR) is 85.0 cm³/mol. The number of nitrogens with two attached hydrogens (primary N) is 1. The van der Waals surface area contributed by atoms with Gasteiger partial charge in [-0.2, -0.15) is 0 Å². The van der Waals surface area contributed by atoms with Crippen LogP contribution in [0.1, 0.15) is 33.3 Å². The van der Waals surface area contributed by atoms with Crippen LogP contribution in [0.4, 0.5) is 5.69 Å². The van der Waals surface area contributed by atoms with Gasteiger partial charge in [0.05, 0.1) is 19.6 Å². The molecule has 5 heteroatoms. The molecule has 0 spiro atoms. The van der Waals surface area contributed by atoms with Crippen LogP contribution in [-0.2, 0) is 4.79 Å². The minimum absolute atomic E-state index is 0.134. The molecule has 0 aliphatic heterocycles. The van der Waals surface area contributed by atoms with Gasteiger partial charge in [0, 0.05) is 17.3 Å². The Balaban J connectivity index is 3.12. The third-order valence-electron chi connectivity index (χ3n) is 4.16. The van der Waals surface area contributed by atoms with E-state index in [9.17, 15) is 4.79 Å². The topological polar surface area (TPSA) is 73.6 Å². The van der Waals surface area contributed by atoms with E-state index in [2.05, 4.69) is 5.32 Å². The molecule has 0 unspecified atom stereocenters. The van der Waals surface area contributed by atoms with Crippen molar-refractivity contribution in [3.63, 3.8) is 0 Å². The highest BCUT2D eigenvalue weighted by atomic mass is 16.5. The summed E-state index contributed by atoms with van der Waals surface area (Å²) in [5.74, 6) is 1.07. The second-order valence-electron chi connectivity index (χ2n) is 6.32. The normalized spacial score (nSPS) is 12.0. The number of amides is 1. The summed E-state index contributed by atoms with van der Waals surface area (Å²) >= 11 is 0. The third kappa shape index (κ3) is 3.47. The summed E-state index contributed by atoms with van der Waals surface area (Å²) in [7, 11) is 3.14. The van der Waals surface area contributed by atoms with E-state index in [0.717, 1.165) is 5.56 Å². The van der Waals surface area contributed by atoms with Crippen molar-refractivity contribution in [2.24, 2.45) is 11.1 Å². The van der Waals surface area contributed by atoms with Gasteiger partial charge in [-0.15, -0.1) is 0 Å². The second kappa shape index (κ2) is 5.93. The average Bonchev–Trinajstić information content (AvgIpc) is 2.38. The van der Waals surface area contributed by atoms with Gasteiger partial charge in [-0.1, -0.05) is 0 Å². The zero-order valence-electron chi connectivity index (χ0n) is 14.0. The first-order valence-electron chi connectivity index (χ1n) is 6.87. The molecule has 0 saturated carbocycles. The van der Waals surface area contributed by atoms with Crippen LogP contribution >= 0.6 is 0 Å². The molecule has 1 rings (SSSR count). The Morgan fingerprint density at radius 3 is 2.00 bits per heavy atom. The number of rotatable bonds is 5. The highest BCUT2D eigenvalue weighted by Gasteiger charge is 2.40. The first-order chi connectivity index (χ1) is 9.54. The van der Waals surface area contributed by atoms with Crippen LogP contribution in [-0.4, -0.2) is 25.7 Å². The van der Waals surface area contributed by atoms with Gasteiger partial charge in [0.2, 0.25) is 5.91 Å². The van der Waals surface area contributed by atoms with Gasteiger partial charge in [0.15, 0.2) is 11.5 Å². The van der Waals surface area contributed by atoms with E-state index >= 15 is 0 Å². The number of carbonyl (C=O) groups is 1. The SMILES string of the molecule is COc1cc(C)c(NC(=O)C(C)(C)C(C)(C)N)cc1OC. The summed E-state index contributed by atoms with van der Waals surface area (Å²) in [4.78, 5) is 12.5. The number of ether oxygens (including phenoxy) is 2. The number of aryl methyl sites for hydroxylation is 1. The van der Waals surface area contributed by atoms with Crippen molar-refractivity contribution in [2.45, 2.75) is 40.2 Å². The fraction of sp³-hybridized carbons (Fsp3) is 0.562. The monoisotopic (exact) mass is 294 g/mol. The van der Waals surface area contributed by atoms with E-state index in [-0.39, 0.29) is 5.91 Å². The molecule has 0 aliphatic carbocycles. The average molecular weight is 294 g/mol. The number of methoxy groups -OCH3 is 2. The van der Waals surface area contributed by atoms with Crippen LogP contribution in [0.15, 0.2) is 12.1 Å². The summed E-state index contributed by atoms with van der Waals surface area (Å²) in [5, 5.41) is 2.93. The molecular weight excluding hydrogens is 268 g/mol. The summed E-state index contributed by atoms with van der Waals surface area (Å²) in [6.07, 6.45) is 0. The Morgan fingerprint density at radius 2 is 1.57 bits per heavy atom. The molecule has 1 aromatic rings. The lowest BCUT2D eigenvalue weighted by atomic mass is 9.74. The maximum Gasteiger partial charge on any atom is 0.231 e. The number of hydrogen-bond donors (Lipinski definition) is 2. The van der Waals surface area contributed by atoms with Gasteiger partial charge in [0.1, 0.15) is 0 Å². The minimum Gasteiger partial charge on any atom is -0.493 e. The first-order valence-corrected chi connectivity index (χ1v) is 6.87. The first kappa shape index (κ1) is 17.3. The lowest BCUT2D eigenvalue weighted by Gasteiger charge is -2.37. The molecule has 0 heterocycles. The Hall–Kier alpha value is -1.75. The summed E-state index contributed by atoms with van der Waals surface area (Å²) < 4.78 is 10.5. The maximum atomic E-state index is 12.5. The number of nitrogens with one attached hydrogen (secondary N) is 1. The van der Waals surface area contributed by atoms with Crippen LogP contribution in [0, 0.1) is 12.3 Å². The molecule has 0 bridgehead atoms. The Bertz CT molecular complexity index is 531. The molecule has 1 amide bonds. The van der Waals surface area contributed by atoms with Gasteiger partial charge in [0.25, 0.3) is 0 Å². The Morgan fingerprint density at radius 1 is 1.10 bits per heavy atom. The standard InChI is InChI=1S/C16H26N2O3/c1-10-8-12(20-6)13(21-7)9-11(10)18-14(19)15(2,3)16(4,5)17/h8-9H,17H2,1-7H3,(H,18,19). The highest BCUT2D eigenvalue weighted by molar-refractivity contribution is 5.96. The molecule has 0 saturated heterocycles. The van der Waals surface area contributed by atoms with Crippen molar-refractivity contribution < 1.29 is 14.3 Å². The fourth-order valence-electron chi connectivity index (χ4n) is 1.69. The van der Waals surface area contributed by atoms with Gasteiger partial charge < -0.3 is 20.5 Å². The van der Waals surface area contributed by atoms with Gasteiger partial charge in [-0.05, 0) is 46.2 Å². The molecule has 0 aromatic heterocycles. The lowest BCUT2D eigenvalue weighted by Crippen LogP contribution is -2.53. The van der Waals surface area contributed by atoms with Gasteiger partial charge in [-0.3, -0.25) is 4.79 Å². The summed E-state index contributed by atoms with van der Waals surface area (Å²) in [5.41, 5.74) is 6.33. The predicted octanol–water partition coefficient (Wildman–Crippen LogP) is 2.71. The lowest BCUT2D eigenvalue weighted by molar-refractivity contribution is -0.126. The number of carbonyl (C=O) groups excluding carboxylic acids is 1. The molecule has 0 fully saturated rings. The van der Waals surface area contributed by atoms with Crippen molar-refractivity contribution >= 4 is 11.6 Å². The van der Waals surface area contributed by atoms with E-state index in [1.165, 1.54) is 0 Å². The zero-order chi connectivity index (χ0) is 16.4. The molecule has 0 atom stereocenters. The second-order valence-corrected chi connectivity index (χ2v) is 6.32. The van der Waals surface area contributed by atoms with Crippen LogP contribution in [0.5, 0.6) is 11.5 Å². The van der Waals surface area contributed by atoms with E-state index in [1.54, 1.807) is 20.3 Å². The van der Waals surface area contributed by atoms with Crippen LogP contribution in [0.3, 0.4) is 0 Å². The van der Waals surface area contributed by atoms with Crippen LogP contribution < -0.4 is 20.5 Å². The summed E-state index contributed by atoms with van der Waals surface area (Å²) in [6, 6.07) is 3.58. The van der Waals surface area contributed by atoms with E-state index < -0.39 is 11.0 Å². The van der Waals surface area contributed by atoms with E-state index in [4.69, 9.17) is 15.2 Å². The maximum absolute atomic E-state index is 12.5. The van der Waals surface area contributed by atoms with E-state index in [1.807, 2.05) is 40.7 Å². The Labute approximate surface area is 126 Å². The number of anilines is 1. The quantitative estimate of drug-likeness (QED) is 0.875. The Kier molecular flexibility index (Phi) is 4.89. The van der Waals surface area contributed by atoms with Gasteiger partial charge >= 0.3 is 0 Å². The van der Waals surface area contributed by atoms with Crippen LogP contribution in [0.25, 0.3) is 0 Å². The molecule has 0 radical (unpaired) electrons. The van der Waals surface area contributed by atoms with Gasteiger partial charge in [-0.25, -0.2) is 0 Å². The van der Waals surface area contributed by atoms with Crippen molar-refractivity contribution in [3.05, 3.63) is 17.7 Å². The van der Waals surface area contributed by atoms with Crippen molar-refractivity contribution in [1.29, 1.82) is 0 Å². The van der Waals surface area contributed by atoms with Crippen molar-refractivity contribution in [3.8, 4) is 11.5 Å². The minimum atomic E-state index is -0.716. The van der Waals surface area contributed by atoms with Crippen molar-refractivity contribution in [1.82, 2.24) is 0 Å². The molecule has 5 nitrogen and oxygen atoms in total. The molecule has 1 aromatic carbocycles. The van der Waals surface area contributed by atoms with E-state index in [0.29, 0.717) is 17.2 Å². The molecular formula is C16H26N2O3. The fourth-order valence-corrected chi connectivity index (χ4v) is 1.69. The molecule has 0 aliphatic rings. The molecule has 21 heavy (non-hydrogen) atoms. The molecule has 118 valence electrons. The highest BCUT2D eigenvalue weighted by Crippen LogP contribution is 2.35.